The summed E-state index contributed by atoms with van der Waals surface area (Å²) in [6.45, 7) is 4.05. The number of rotatable bonds is 2. The van der Waals surface area contributed by atoms with Crippen molar-refractivity contribution in [2.75, 3.05) is 0 Å². The van der Waals surface area contributed by atoms with E-state index in [0.29, 0.717) is 15.3 Å². The number of nitrogens with zero attached hydrogens (tertiary/aromatic N) is 3. The third-order valence-corrected chi connectivity index (χ3v) is 4.97. The fourth-order valence-electron chi connectivity index (χ4n) is 2.67. The van der Waals surface area contributed by atoms with E-state index in [-0.39, 0.29) is 5.56 Å². The molecule has 0 bridgehead atoms. The molecule has 0 atom stereocenters. The molecule has 0 unspecified atom stereocenters. The molecule has 4 nitrogen and oxygen atoms in total. The van der Waals surface area contributed by atoms with Crippen LogP contribution in [0.15, 0.2) is 53.3 Å². The van der Waals surface area contributed by atoms with Crippen molar-refractivity contribution in [1.82, 2.24) is 14.6 Å². The number of hydrogen-bond donors (Lipinski definition) is 0. The van der Waals surface area contributed by atoms with Gasteiger partial charge in [0, 0.05) is 5.56 Å². The van der Waals surface area contributed by atoms with E-state index in [0.717, 1.165) is 16.7 Å². The smallest absolute Gasteiger partial charge is 0.267 e. The Morgan fingerprint density at radius 1 is 1.00 bits per heavy atom. The summed E-state index contributed by atoms with van der Waals surface area (Å²) in [4.78, 5) is 13.5. The molecule has 2 heterocycles. The molecule has 0 saturated heterocycles. The number of benzene rings is 2. The molecule has 0 radical (unpaired) electrons. The molecule has 0 aliphatic heterocycles. The molecule has 0 fully saturated rings. The maximum atomic E-state index is 12.8. The Morgan fingerprint density at radius 2 is 1.75 bits per heavy atom. The third-order valence-electron chi connectivity index (χ3n) is 4.01. The van der Waals surface area contributed by atoms with Crippen molar-refractivity contribution in [3.8, 4) is 11.4 Å². The summed E-state index contributed by atoms with van der Waals surface area (Å²) in [6.07, 6.45) is 1.91. The first-order valence-corrected chi connectivity index (χ1v) is 8.47. The van der Waals surface area contributed by atoms with Crippen LogP contribution in [0.5, 0.6) is 0 Å². The Kier molecular flexibility index (Phi) is 3.50. The van der Waals surface area contributed by atoms with Crippen LogP contribution in [0.3, 0.4) is 0 Å². The number of aromatic nitrogens is 3. The van der Waals surface area contributed by atoms with Gasteiger partial charge in [-0.25, -0.2) is 4.40 Å². The van der Waals surface area contributed by atoms with Crippen molar-refractivity contribution in [1.29, 1.82) is 0 Å². The highest BCUT2D eigenvalue weighted by molar-refractivity contribution is 7.15. The SMILES string of the molecule is Cc1ccc(/C=c2\sc3nnc(-c4ccccc4C)n3c2=O)cc1. The van der Waals surface area contributed by atoms with Gasteiger partial charge >= 0.3 is 0 Å². The van der Waals surface area contributed by atoms with Crippen molar-refractivity contribution >= 4 is 22.4 Å². The highest BCUT2D eigenvalue weighted by atomic mass is 32.1. The summed E-state index contributed by atoms with van der Waals surface area (Å²) in [5, 5.41) is 8.40. The van der Waals surface area contributed by atoms with Gasteiger partial charge in [-0.3, -0.25) is 4.79 Å². The molecule has 0 spiro atoms. The minimum Gasteiger partial charge on any atom is -0.267 e. The van der Waals surface area contributed by atoms with Crippen molar-refractivity contribution in [3.63, 3.8) is 0 Å². The van der Waals surface area contributed by atoms with Crippen LogP contribution in [0.25, 0.3) is 22.4 Å². The van der Waals surface area contributed by atoms with E-state index in [2.05, 4.69) is 10.2 Å². The Bertz CT molecular complexity index is 1140. The first-order valence-electron chi connectivity index (χ1n) is 7.66. The summed E-state index contributed by atoms with van der Waals surface area (Å²) in [5.74, 6) is 0.605. The second-order valence-electron chi connectivity index (χ2n) is 5.78. The lowest BCUT2D eigenvalue weighted by molar-refractivity contribution is 1.09. The molecule has 24 heavy (non-hydrogen) atoms. The molecule has 0 saturated carbocycles. The molecule has 2 aromatic heterocycles. The van der Waals surface area contributed by atoms with Crippen LogP contribution in [-0.2, 0) is 0 Å². The Morgan fingerprint density at radius 3 is 2.50 bits per heavy atom. The second-order valence-corrected chi connectivity index (χ2v) is 6.79. The van der Waals surface area contributed by atoms with E-state index in [1.165, 1.54) is 16.9 Å². The fourth-order valence-corrected chi connectivity index (χ4v) is 3.59. The summed E-state index contributed by atoms with van der Waals surface area (Å²) >= 11 is 1.37. The highest BCUT2D eigenvalue weighted by Crippen LogP contribution is 2.21. The molecule has 118 valence electrons. The maximum Gasteiger partial charge on any atom is 0.276 e. The predicted octanol–water partition coefficient (Wildman–Crippen LogP) is 2.98. The van der Waals surface area contributed by atoms with Crippen molar-refractivity contribution < 1.29 is 0 Å². The van der Waals surface area contributed by atoms with Gasteiger partial charge in [0.15, 0.2) is 5.82 Å². The molecule has 4 aromatic rings. The van der Waals surface area contributed by atoms with Gasteiger partial charge in [0.25, 0.3) is 5.56 Å². The normalized spacial score (nSPS) is 12.2. The Balaban J connectivity index is 1.93. The van der Waals surface area contributed by atoms with Gasteiger partial charge in [0.05, 0.1) is 4.53 Å². The summed E-state index contributed by atoms with van der Waals surface area (Å²) < 4.78 is 2.27. The summed E-state index contributed by atoms with van der Waals surface area (Å²) in [5.41, 5.74) is 4.14. The summed E-state index contributed by atoms with van der Waals surface area (Å²) in [6, 6.07) is 16.0. The first-order chi connectivity index (χ1) is 11.6. The minimum atomic E-state index is -0.0705. The van der Waals surface area contributed by atoms with E-state index in [9.17, 15) is 4.79 Å². The first kappa shape index (κ1) is 14.8. The van der Waals surface area contributed by atoms with E-state index in [1.807, 2.05) is 68.5 Å². The lowest BCUT2D eigenvalue weighted by atomic mass is 10.1. The zero-order valence-corrected chi connectivity index (χ0v) is 14.2. The molecule has 4 rings (SSSR count). The number of aryl methyl sites for hydroxylation is 2. The average Bonchev–Trinajstić information content (AvgIpc) is 3.11. The van der Waals surface area contributed by atoms with Gasteiger partial charge in [-0.05, 0) is 31.1 Å². The largest absolute Gasteiger partial charge is 0.276 e. The Hall–Kier alpha value is -2.79. The number of hydrogen-bond acceptors (Lipinski definition) is 4. The lowest BCUT2D eigenvalue weighted by Crippen LogP contribution is -2.23. The van der Waals surface area contributed by atoms with Crippen LogP contribution in [0.1, 0.15) is 16.7 Å². The van der Waals surface area contributed by atoms with Gasteiger partial charge in [0.2, 0.25) is 4.96 Å². The number of fused-ring (bicyclic) bond motifs is 1. The highest BCUT2D eigenvalue weighted by Gasteiger charge is 2.15. The molecule has 0 aliphatic rings. The fraction of sp³-hybridized carbons (Fsp3) is 0.105. The maximum absolute atomic E-state index is 12.8. The van der Waals surface area contributed by atoms with Crippen LogP contribution < -0.4 is 10.1 Å². The van der Waals surface area contributed by atoms with Crippen LogP contribution in [0.2, 0.25) is 0 Å². The van der Waals surface area contributed by atoms with Crippen LogP contribution in [-0.4, -0.2) is 14.6 Å². The van der Waals surface area contributed by atoms with E-state index in [1.54, 1.807) is 4.40 Å². The average molecular weight is 333 g/mol. The molecular formula is C19H15N3OS. The molecule has 0 N–H and O–H groups in total. The number of thiazole rings is 1. The lowest BCUT2D eigenvalue weighted by Gasteiger charge is -2.00. The van der Waals surface area contributed by atoms with Gasteiger partial charge in [-0.1, -0.05) is 65.4 Å². The van der Waals surface area contributed by atoms with E-state index < -0.39 is 0 Å². The van der Waals surface area contributed by atoms with E-state index >= 15 is 0 Å². The quantitative estimate of drug-likeness (QED) is 0.566. The van der Waals surface area contributed by atoms with Crippen LogP contribution >= 0.6 is 11.3 Å². The summed E-state index contributed by atoms with van der Waals surface area (Å²) in [7, 11) is 0. The zero-order valence-electron chi connectivity index (χ0n) is 13.4. The molecule has 0 aliphatic carbocycles. The predicted molar refractivity (Wildman–Crippen MR) is 97.3 cm³/mol. The van der Waals surface area contributed by atoms with Crippen molar-refractivity contribution in [2.45, 2.75) is 13.8 Å². The van der Waals surface area contributed by atoms with Gasteiger partial charge < -0.3 is 0 Å². The van der Waals surface area contributed by atoms with Crippen LogP contribution in [0, 0.1) is 13.8 Å². The molecule has 2 aromatic carbocycles. The molecular weight excluding hydrogens is 318 g/mol. The third kappa shape index (κ3) is 2.43. The zero-order chi connectivity index (χ0) is 16.7. The monoisotopic (exact) mass is 333 g/mol. The van der Waals surface area contributed by atoms with Crippen molar-refractivity contribution in [3.05, 3.63) is 80.1 Å². The van der Waals surface area contributed by atoms with Gasteiger partial charge in [-0.2, -0.15) is 0 Å². The van der Waals surface area contributed by atoms with Crippen LogP contribution in [0.4, 0.5) is 0 Å². The Labute approximate surface area is 142 Å². The molecule has 0 amide bonds. The van der Waals surface area contributed by atoms with Gasteiger partial charge in [0.1, 0.15) is 0 Å². The van der Waals surface area contributed by atoms with Gasteiger partial charge in [-0.15, -0.1) is 10.2 Å². The second kappa shape index (κ2) is 5.69. The standard InChI is InChI=1S/C19H15N3OS/c1-12-7-9-14(10-8-12)11-16-18(23)22-17(20-21-19(22)24-16)15-6-4-3-5-13(15)2/h3-11H,1-2H3/b16-11-. The van der Waals surface area contributed by atoms with Crippen molar-refractivity contribution in [2.24, 2.45) is 0 Å². The van der Waals surface area contributed by atoms with E-state index in [4.69, 9.17) is 0 Å². The molecule has 5 heteroatoms. The minimum absolute atomic E-state index is 0.0705. The topological polar surface area (TPSA) is 47.3 Å².